The van der Waals surface area contributed by atoms with E-state index in [-0.39, 0.29) is 30.1 Å². The zero-order valence-electron chi connectivity index (χ0n) is 22.1. The molecule has 0 saturated carbocycles. The van der Waals surface area contributed by atoms with E-state index in [9.17, 15) is 9.18 Å². The third-order valence-electron chi connectivity index (χ3n) is 4.77. The lowest BCUT2D eigenvalue weighted by Crippen LogP contribution is -2.26. The second-order valence-electron chi connectivity index (χ2n) is 8.05. The minimum atomic E-state index is -1.30. The van der Waals surface area contributed by atoms with Gasteiger partial charge in [-0.2, -0.15) is 0 Å². The highest BCUT2D eigenvalue weighted by Crippen LogP contribution is 2.54. The van der Waals surface area contributed by atoms with Crippen molar-refractivity contribution in [3.05, 3.63) is 52.9 Å². The van der Waals surface area contributed by atoms with Crippen LogP contribution in [0.15, 0.2) is 24.3 Å². The highest BCUT2D eigenvalue weighted by molar-refractivity contribution is 8.29. The van der Waals surface area contributed by atoms with Crippen LogP contribution in [0.5, 0.6) is 5.75 Å². The summed E-state index contributed by atoms with van der Waals surface area (Å²) in [4.78, 5) is 21.2. The lowest BCUT2D eigenvalue weighted by atomic mass is 10.2. The summed E-state index contributed by atoms with van der Waals surface area (Å²) in [7, 11) is 0.0978. The molecule has 8 heteroatoms. The molecule has 6 nitrogen and oxygen atoms in total. The molecule has 2 rings (SSSR count). The van der Waals surface area contributed by atoms with Crippen molar-refractivity contribution in [3.8, 4) is 5.75 Å². The molecular formula is C25H44FN3O3S. The average molecular weight is 486 g/mol. The number of hydrogen-bond acceptors (Lipinski definition) is 5. The number of rotatable bonds is 7. The summed E-state index contributed by atoms with van der Waals surface area (Å²) in [6.45, 7) is 16.7. The largest absolute Gasteiger partial charge is 0.494 e. The molecule has 1 heterocycles. The highest BCUT2D eigenvalue weighted by Gasteiger charge is 2.29. The van der Waals surface area contributed by atoms with Crippen LogP contribution in [-0.4, -0.2) is 40.2 Å². The molecule has 1 N–H and O–H groups in total. The normalized spacial score (nSPS) is 11.4. The van der Waals surface area contributed by atoms with Crippen molar-refractivity contribution in [1.29, 1.82) is 0 Å². The van der Waals surface area contributed by atoms with Gasteiger partial charge in [0.2, 0.25) is 0 Å². The van der Waals surface area contributed by atoms with Crippen LogP contribution in [-0.2, 0) is 17.3 Å². The number of nitrogens with zero attached hydrogens (tertiary/aromatic N) is 2. The van der Waals surface area contributed by atoms with E-state index in [4.69, 9.17) is 8.92 Å². The first-order valence-corrected chi connectivity index (χ1v) is 13.6. The minimum Gasteiger partial charge on any atom is -0.494 e. The van der Waals surface area contributed by atoms with Gasteiger partial charge in [-0.25, -0.2) is 14.4 Å². The predicted octanol–water partition coefficient (Wildman–Crippen LogP) is 6.46. The number of aryl methyl sites for hydroxylation is 1. The molecule has 190 valence electrons. The van der Waals surface area contributed by atoms with Crippen molar-refractivity contribution in [1.82, 2.24) is 15.3 Å². The first-order chi connectivity index (χ1) is 15.4. The van der Waals surface area contributed by atoms with Crippen LogP contribution < -0.4 is 10.1 Å². The maximum Gasteiger partial charge on any atom is 0.270 e. The Morgan fingerprint density at radius 1 is 1.12 bits per heavy atom. The second-order valence-corrected chi connectivity index (χ2v) is 12.0. The zero-order chi connectivity index (χ0) is 25.8. The zero-order valence-corrected chi connectivity index (χ0v) is 22.9. The van der Waals surface area contributed by atoms with E-state index >= 15 is 0 Å². The van der Waals surface area contributed by atoms with Gasteiger partial charge in [0.1, 0.15) is 18.1 Å². The van der Waals surface area contributed by atoms with Crippen LogP contribution in [0.3, 0.4) is 0 Å². The minimum absolute atomic E-state index is 0. The van der Waals surface area contributed by atoms with Crippen molar-refractivity contribution in [2.75, 3.05) is 19.6 Å². The summed E-state index contributed by atoms with van der Waals surface area (Å²) in [5, 5.41) is 2.79. The van der Waals surface area contributed by atoms with Gasteiger partial charge in [-0.15, -0.1) is 10.3 Å². The van der Waals surface area contributed by atoms with E-state index in [0.29, 0.717) is 18.1 Å². The van der Waals surface area contributed by atoms with Crippen LogP contribution in [0.2, 0.25) is 0 Å². The molecule has 0 aliphatic rings. The maximum absolute atomic E-state index is 13.5. The molecule has 0 bridgehead atoms. The van der Waals surface area contributed by atoms with Crippen LogP contribution in [0.1, 0.15) is 77.5 Å². The molecule has 1 aromatic carbocycles. The number of aromatic nitrogens is 2. The van der Waals surface area contributed by atoms with E-state index < -0.39 is 16.1 Å². The fourth-order valence-corrected chi connectivity index (χ4v) is 3.06. The summed E-state index contributed by atoms with van der Waals surface area (Å²) in [5.41, 5.74) is 1.66. The number of carbonyl (C=O) groups is 1. The predicted molar refractivity (Wildman–Crippen MR) is 140 cm³/mol. The van der Waals surface area contributed by atoms with Crippen molar-refractivity contribution >= 4 is 16.2 Å². The number of nitrogens with one attached hydrogen (secondary N) is 1. The molecule has 0 aliphatic carbocycles. The van der Waals surface area contributed by atoms with Gasteiger partial charge in [-0.1, -0.05) is 54.5 Å². The van der Waals surface area contributed by atoms with Crippen LogP contribution in [0, 0.1) is 12.7 Å². The smallest absolute Gasteiger partial charge is 0.270 e. The van der Waals surface area contributed by atoms with Crippen molar-refractivity contribution in [2.24, 2.45) is 0 Å². The number of methoxy groups -OCH3 is 1. The fourth-order valence-electron chi connectivity index (χ4n) is 2.29. The molecular weight excluding hydrogens is 441 g/mol. The van der Waals surface area contributed by atoms with Gasteiger partial charge in [0.15, 0.2) is 11.6 Å². The summed E-state index contributed by atoms with van der Waals surface area (Å²) >= 11 is 0. The Balaban J connectivity index is 0. The molecule has 0 aliphatic heterocycles. The maximum atomic E-state index is 13.5. The molecule has 33 heavy (non-hydrogen) atoms. The van der Waals surface area contributed by atoms with Gasteiger partial charge in [-0.3, -0.25) is 4.79 Å². The van der Waals surface area contributed by atoms with E-state index in [2.05, 4.69) is 48.6 Å². The average Bonchev–Trinajstić information content (AvgIpc) is 2.78. The first kappa shape index (κ1) is 30.8. The number of hydrogen-bond donors (Lipinski definition) is 1. The number of amides is 1. The number of halogens is 1. The molecule has 0 radical (unpaired) electrons. The summed E-state index contributed by atoms with van der Waals surface area (Å²) in [5.74, 6) is -0.136. The Labute approximate surface area is 202 Å². The van der Waals surface area contributed by atoms with Crippen LogP contribution >= 0.6 is 10.3 Å². The van der Waals surface area contributed by atoms with Gasteiger partial charge < -0.3 is 14.2 Å². The molecule has 0 fully saturated rings. The van der Waals surface area contributed by atoms with Crippen molar-refractivity contribution in [3.63, 3.8) is 0 Å². The Hall–Kier alpha value is -2.19. The van der Waals surface area contributed by atoms with Gasteiger partial charge in [0.05, 0.1) is 12.8 Å². The standard InChI is InChI=1S/C21H30FN3O3S.2C2H6.H2/c1-14-24-16(13-28-29(6,7)21(2,3)4)11-18(25-14)20(26)23-12-15-8-9-17(22)19(10-15)27-5;2*1-2;/h8-11H,12-13H2,1-7H3,(H,23,26);2*1-2H3;1H. The fraction of sp³-hybridized carbons (Fsp3) is 0.560. The molecule has 1 amide bonds. The molecule has 0 saturated heterocycles. The van der Waals surface area contributed by atoms with Gasteiger partial charge >= 0.3 is 0 Å². The molecule has 0 spiro atoms. The number of ether oxygens (including phenoxy) is 1. The molecule has 0 atom stereocenters. The Morgan fingerprint density at radius 2 is 1.73 bits per heavy atom. The summed E-state index contributed by atoms with van der Waals surface area (Å²) in [6, 6.07) is 6.10. The van der Waals surface area contributed by atoms with Crippen LogP contribution in [0.25, 0.3) is 0 Å². The lowest BCUT2D eigenvalue weighted by Gasteiger charge is -2.43. The molecule has 0 unspecified atom stereocenters. The lowest BCUT2D eigenvalue weighted by molar-refractivity contribution is 0.0945. The quantitative estimate of drug-likeness (QED) is 0.487. The van der Waals surface area contributed by atoms with E-state index in [1.807, 2.05) is 27.7 Å². The Kier molecular flexibility index (Phi) is 13.2. The monoisotopic (exact) mass is 485 g/mol. The first-order valence-electron chi connectivity index (χ1n) is 11.3. The van der Waals surface area contributed by atoms with E-state index in [1.54, 1.807) is 25.1 Å². The third-order valence-corrected chi connectivity index (χ3v) is 8.43. The van der Waals surface area contributed by atoms with Crippen molar-refractivity contribution in [2.45, 2.75) is 73.3 Å². The summed E-state index contributed by atoms with van der Waals surface area (Å²) in [6.07, 6.45) is 4.23. The summed E-state index contributed by atoms with van der Waals surface area (Å²) < 4.78 is 24.7. The van der Waals surface area contributed by atoms with Gasteiger partial charge in [0, 0.05) is 12.7 Å². The van der Waals surface area contributed by atoms with E-state index in [1.165, 1.54) is 13.2 Å². The highest BCUT2D eigenvalue weighted by atomic mass is 32.3. The molecule has 2 aromatic rings. The van der Waals surface area contributed by atoms with Gasteiger partial charge in [-0.05, 0) is 43.2 Å². The third kappa shape index (κ3) is 9.68. The Morgan fingerprint density at radius 3 is 2.27 bits per heavy atom. The van der Waals surface area contributed by atoms with E-state index in [0.717, 1.165) is 5.56 Å². The second kappa shape index (κ2) is 14.2. The van der Waals surface area contributed by atoms with Crippen LogP contribution in [0.4, 0.5) is 4.39 Å². The van der Waals surface area contributed by atoms with Crippen molar-refractivity contribution < 1.29 is 19.5 Å². The topological polar surface area (TPSA) is 73.3 Å². The number of carbonyl (C=O) groups excluding carboxylic acids is 1. The molecule has 1 aromatic heterocycles. The number of benzene rings is 1. The Bertz CT molecular complexity index is 890. The van der Waals surface area contributed by atoms with Gasteiger partial charge in [0.25, 0.3) is 5.91 Å². The SMILES string of the molecule is CC.CC.COc1cc(CNC(=O)c2cc(COS(C)(C)C(C)(C)C)nc(C)n2)ccc1F.[HH].